The maximum atomic E-state index is 13.5. The largest absolute Gasteiger partial charge is 0.497 e. The Balaban J connectivity index is 1.58. The first-order valence-electron chi connectivity index (χ1n) is 14.5. The number of thioether (sulfide) groups is 1. The van der Waals surface area contributed by atoms with Gasteiger partial charge in [-0.25, -0.2) is 9.59 Å². The summed E-state index contributed by atoms with van der Waals surface area (Å²) in [7, 11) is 1.53. The van der Waals surface area contributed by atoms with Crippen LogP contribution in [0.5, 0.6) is 5.75 Å². The number of benzene rings is 2. The Morgan fingerprint density at radius 1 is 0.978 bits per heavy atom. The Morgan fingerprint density at radius 3 is 2.39 bits per heavy atom. The molecule has 0 aliphatic rings. The Kier molecular flexibility index (Phi) is 11.6. The van der Waals surface area contributed by atoms with E-state index in [1.807, 2.05) is 31.2 Å². The molecule has 14 heteroatoms. The molecule has 2 amide bonds. The zero-order chi connectivity index (χ0) is 33.4. The molecule has 46 heavy (non-hydrogen) atoms. The number of thiophene rings is 1. The quantitative estimate of drug-likeness (QED) is 0.141. The van der Waals surface area contributed by atoms with E-state index < -0.39 is 23.1 Å². The van der Waals surface area contributed by atoms with Crippen molar-refractivity contribution in [3.05, 3.63) is 81.5 Å². The van der Waals surface area contributed by atoms with Crippen LogP contribution in [0.1, 0.15) is 68.1 Å². The van der Waals surface area contributed by atoms with Gasteiger partial charge in [0.15, 0.2) is 11.0 Å². The molecule has 0 radical (unpaired) electrons. The highest BCUT2D eigenvalue weighted by Gasteiger charge is 2.29. The van der Waals surface area contributed by atoms with Crippen LogP contribution in [0, 0.1) is 13.8 Å². The Morgan fingerprint density at radius 2 is 1.70 bits per heavy atom. The maximum absolute atomic E-state index is 13.5. The number of nitrogens with zero attached hydrogens (tertiary/aromatic N) is 3. The van der Waals surface area contributed by atoms with Gasteiger partial charge in [-0.05, 0) is 76.1 Å². The molecule has 0 spiro atoms. The standard InChI is InChI=1S/C32H35N5O7S2/c1-7-43-30(40)25-19(4)26(31(41)44-8-2)46-29(25)34-27(38)20(5)45-32-36-35-24(37(32)22-13-9-11-18(3)15-22)17-33-28(39)21-12-10-14-23(16-21)42-6/h9-16,20H,7-8,17H2,1-6H3,(H,33,39)(H,34,38)/t20-/m0/s1. The lowest BCUT2D eigenvalue weighted by Crippen LogP contribution is -2.25. The van der Waals surface area contributed by atoms with Crippen molar-refractivity contribution in [2.75, 3.05) is 25.6 Å². The molecule has 4 aromatic rings. The predicted molar refractivity (Wildman–Crippen MR) is 175 cm³/mol. The van der Waals surface area contributed by atoms with Gasteiger partial charge in [-0.15, -0.1) is 21.5 Å². The van der Waals surface area contributed by atoms with Crippen molar-refractivity contribution in [2.24, 2.45) is 0 Å². The maximum Gasteiger partial charge on any atom is 0.348 e. The van der Waals surface area contributed by atoms with Gasteiger partial charge in [-0.3, -0.25) is 14.2 Å². The normalized spacial score (nSPS) is 11.4. The third-order valence-corrected chi connectivity index (χ3v) is 8.90. The van der Waals surface area contributed by atoms with Crippen LogP contribution in [-0.4, -0.2) is 64.1 Å². The molecule has 12 nitrogen and oxygen atoms in total. The van der Waals surface area contributed by atoms with Gasteiger partial charge < -0.3 is 24.8 Å². The fourth-order valence-corrected chi connectivity index (χ4v) is 6.39. The number of anilines is 1. The van der Waals surface area contributed by atoms with E-state index in [2.05, 4.69) is 20.8 Å². The number of hydrogen-bond donors (Lipinski definition) is 2. The summed E-state index contributed by atoms with van der Waals surface area (Å²) in [5, 5.41) is 14.3. The number of amides is 2. The molecule has 1 atom stereocenters. The van der Waals surface area contributed by atoms with Crippen LogP contribution in [0.2, 0.25) is 0 Å². The molecule has 242 valence electrons. The number of carbonyl (C=O) groups is 4. The second kappa shape index (κ2) is 15.5. The third kappa shape index (κ3) is 7.93. The van der Waals surface area contributed by atoms with Crippen molar-refractivity contribution in [2.45, 2.75) is 51.6 Å². The van der Waals surface area contributed by atoms with Crippen molar-refractivity contribution in [1.29, 1.82) is 0 Å². The van der Waals surface area contributed by atoms with Crippen molar-refractivity contribution >= 4 is 51.9 Å². The number of carbonyl (C=O) groups excluding carboxylic acids is 4. The smallest absolute Gasteiger partial charge is 0.348 e. The molecule has 2 aromatic heterocycles. The third-order valence-electron chi connectivity index (χ3n) is 6.67. The number of hydrogen-bond acceptors (Lipinski definition) is 11. The van der Waals surface area contributed by atoms with Crippen LogP contribution in [0.25, 0.3) is 5.69 Å². The lowest BCUT2D eigenvalue weighted by molar-refractivity contribution is -0.115. The molecule has 0 saturated heterocycles. The van der Waals surface area contributed by atoms with Gasteiger partial charge in [-0.1, -0.05) is 30.0 Å². The molecule has 0 unspecified atom stereocenters. The van der Waals surface area contributed by atoms with Crippen LogP contribution < -0.4 is 15.4 Å². The molecule has 0 aliphatic heterocycles. The average molecular weight is 666 g/mol. The van der Waals surface area contributed by atoms with E-state index in [0.29, 0.717) is 27.9 Å². The molecule has 2 aromatic carbocycles. The number of esters is 2. The average Bonchev–Trinajstić information content (AvgIpc) is 3.59. The lowest BCUT2D eigenvalue weighted by Gasteiger charge is -2.15. The van der Waals surface area contributed by atoms with Gasteiger partial charge >= 0.3 is 11.9 Å². The van der Waals surface area contributed by atoms with E-state index in [1.54, 1.807) is 56.5 Å². The Labute approximate surface area is 274 Å². The molecular formula is C32H35N5O7S2. The molecule has 4 rings (SSSR count). The van der Waals surface area contributed by atoms with Gasteiger partial charge in [0.2, 0.25) is 5.91 Å². The summed E-state index contributed by atoms with van der Waals surface area (Å²) in [4.78, 5) is 52.0. The van der Waals surface area contributed by atoms with E-state index in [-0.39, 0.29) is 41.1 Å². The summed E-state index contributed by atoms with van der Waals surface area (Å²) in [5.74, 6) is -0.970. The van der Waals surface area contributed by atoms with Crippen LogP contribution in [0.3, 0.4) is 0 Å². The van der Waals surface area contributed by atoms with Gasteiger partial charge in [0.05, 0.1) is 37.7 Å². The Bertz CT molecular complexity index is 1750. The highest BCUT2D eigenvalue weighted by atomic mass is 32.2. The van der Waals surface area contributed by atoms with Crippen LogP contribution in [-0.2, 0) is 20.8 Å². The number of methoxy groups -OCH3 is 1. The predicted octanol–water partition coefficient (Wildman–Crippen LogP) is 5.36. The van der Waals surface area contributed by atoms with Gasteiger partial charge in [0.25, 0.3) is 5.91 Å². The fraction of sp³-hybridized carbons (Fsp3) is 0.312. The minimum atomic E-state index is -0.713. The second-order valence-electron chi connectivity index (χ2n) is 9.94. The van der Waals surface area contributed by atoms with E-state index in [9.17, 15) is 19.2 Å². The molecular weight excluding hydrogens is 631 g/mol. The van der Waals surface area contributed by atoms with E-state index in [1.165, 1.54) is 7.11 Å². The van der Waals surface area contributed by atoms with Crippen LogP contribution in [0.15, 0.2) is 53.7 Å². The second-order valence-corrected chi connectivity index (χ2v) is 12.3. The first-order chi connectivity index (χ1) is 22.1. The zero-order valence-corrected chi connectivity index (χ0v) is 28.0. The van der Waals surface area contributed by atoms with Gasteiger partial charge in [-0.2, -0.15) is 0 Å². The number of aryl methyl sites for hydroxylation is 1. The fourth-order valence-electron chi connectivity index (χ4n) is 4.41. The first kappa shape index (κ1) is 34.2. The van der Waals surface area contributed by atoms with E-state index in [4.69, 9.17) is 14.2 Å². The number of aromatic nitrogens is 3. The van der Waals surface area contributed by atoms with Crippen molar-refractivity contribution in [3.8, 4) is 11.4 Å². The van der Waals surface area contributed by atoms with Crippen molar-refractivity contribution in [3.63, 3.8) is 0 Å². The minimum Gasteiger partial charge on any atom is -0.497 e. The zero-order valence-electron chi connectivity index (χ0n) is 26.3. The molecule has 0 bridgehead atoms. The van der Waals surface area contributed by atoms with Gasteiger partial charge in [0.1, 0.15) is 15.6 Å². The highest BCUT2D eigenvalue weighted by molar-refractivity contribution is 8.00. The number of nitrogens with one attached hydrogen (secondary N) is 2. The first-order valence-corrected chi connectivity index (χ1v) is 16.2. The highest BCUT2D eigenvalue weighted by Crippen LogP contribution is 2.35. The topological polar surface area (TPSA) is 151 Å². The molecule has 0 saturated carbocycles. The van der Waals surface area contributed by atoms with Crippen LogP contribution >= 0.6 is 23.1 Å². The number of rotatable bonds is 13. The summed E-state index contributed by atoms with van der Waals surface area (Å²) >= 11 is 2.11. The molecule has 0 aliphatic carbocycles. The minimum absolute atomic E-state index is 0.0616. The Hall–Kier alpha value is -4.69. The summed E-state index contributed by atoms with van der Waals surface area (Å²) in [5.41, 5.74) is 2.66. The molecule has 2 heterocycles. The summed E-state index contributed by atoms with van der Waals surface area (Å²) in [6.07, 6.45) is 0. The monoisotopic (exact) mass is 665 g/mol. The summed E-state index contributed by atoms with van der Waals surface area (Å²) in [6.45, 7) is 8.96. The van der Waals surface area contributed by atoms with Crippen LogP contribution in [0.4, 0.5) is 5.00 Å². The number of ether oxygens (including phenoxy) is 3. The van der Waals surface area contributed by atoms with Gasteiger partial charge in [0, 0.05) is 11.3 Å². The van der Waals surface area contributed by atoms with Crippen molar-refractivity contribution in [1.82, 2.24) is 20.1 Å². The van der Waals surface area contributed by atoms with E-state index >= 15 is 0 Å². The van der Waals surface area contributed by atoms with E-state index in [0.717, 1.165) is 34.3 Å². The summed E-state index contributed by atoms with van der Waals surface area (Å²) in [6, 6.07) is 14.5. The lowest BCUT2D eigenvalue weighted by atomic mass is 10.1. The SMILES string of the molecule is CCOC(=O)c1sc(NC(=O)[C@H](C)Sc2nnc(CNC(=O)c3cccc(OC)c3)n2-c2cccc(C)c2)c(C(=O)OCC)c1C. The summed E-state index contributed by atoms with van der Waals surface area (Å²) < 4.78 is 17.3. The molecule has 2 N–H and O–H groups in total. The molecule has 0 fully saturated rings. The van der Waals surface area contributed by atoms with Crippen molar-refractivity contribution < 1.29 is 33.4 Å².